The summed E-state index contributed by atoms with van der Waals surface area (Å²) in [6, 6.07) is 5.29. The van der Waals surface area contributed by atoms with Gasteiger partial charge in [0, 0.05) is 0 Å². The Morgan fingerprint density at radius 1 is 1.27 bits per heavy atom. The number of halogens is 2. The fourth-order valence-electron chi connectivity index (χ4n) is 1.25. The third-order valence-corrected chi connectivity index (χ3v) is 2.64. The maximum absolute atomic E-state index is 6.00. The van der Waals surface area contributed by atoms with E-state index in [4.69, 9.17) is 33.7 Å². The molecule has 0 aromatic heterocycles. The average Bonchev–Trinajstić information content (AvgIpc) is 2.11. The first-order valence-electron chi connectivity index (χ1n) is 4.79. The van der Waals surface area contributed by atoms with Gasteiger partial charge in [0.15, 0.2) is 5.75 Å². The lowest BCUT2D eigenvalue weighted by molar-refractivity contribution is 0.102. The van der Waals surface area contributed by atoms with Crippen molar-refractivity contribution in [3.05, 3.63) is 28.2 Å². The van der Waals surface area contributed by atoms with Gasteiger partial charge in [0.25, 0.3) is 0 Å². The molecule has 0 atom stereocenters. The predicted molar refractivity (Wildman–Crippen MR) is 64.8 cm³/mol. The lowest BCUT2D eigenvalue weighted by Gasteiger charge is -2.27. The van der Waals surface area contributed by atoms with Gasteiger partial charge in [0.05, 0.1) is 10.0 Å². The van der Waals surface area contributed by atoms with E-state index in [1.165, 1.54) is 0 Å². The molecule has 0 aliphatic heterocycles. The fourth-order valence-corrected chi connectivity index (χ4v) is 1.73. The molecule has 0 heterocycles. The van der Waals surface area contributed by atoms with E-state index in [0.29, 0.717) is 22.3 Å². The van der Waals surface area contributed by atoms with E-state index in [1.54, 1.807) is 18.2 Å². The van der Waals surface area contributed by atoms with Crippen LogP contribution in [0.3, 0.4) is 0 Å². The number of hydrogen-bond donors (Lipinski definition) is 1. The summed E-state index contributed by atoms with van der Waals surface area (Å²) >= 11 is 12.0. The van der Waals surface area contributed by atoms with Crippen molar-refractivity contribution in [2.75, 3.05) is 6.54 Å². The number of ether oxygens (including phenoxy) is 1. The molecule has 0 spiro atoms. The highest BCUT2D eigenvalue weighted by atomic mass is 35.5. The second-order valence-electron chi connectivity index (χ2n) is 3.95. The molecule has 0 aliphatic rings. The van der Waals surface area contributed by atoms with Crippen LogP contribution in [0, 0.1) is 0 Å². The van der Waals surface area contributed by atoms with Crippen LogP contribution in [0.15, 0.2) is 18.2 Å². The Kier molecular flexibility index (Phi) is 4.26. The summed E-state index contributed by atoms with van der Waals surface area (Å²) in [5, 5.41) is 1.04. The van der Waals surface area contributed by atoms with Crippen LogP contribution in [0.2, 0.25) is 10.0 Å². The standard InChI is InChI=1S/C11H15Cl2NO/c1-11(2,6-7-14)15-10-8(12)4-3-5-9(10)13/h3-5H,6-7,14H2,1-2H3. The molecule has 15 heavy (non-hydrogen) atoms. The zero-order valence-corrected chi connectivity index (χ0v) is 10.4. The van der Waals surface area contributed by atoms with Crippen LogP contribution >= 0.6 is 23.2 Å². The summed E-state index contributed by atoms with van der Waals surface area (Å²) in [6.45, 7) is 4.48. The first kappa shape index (κ1) is 12.6. The SMILES string of the molecule is CC(C)(CCN)Oc1c(Cl)cccc1Cl. The molecule has 0 bridgehead atoms. The zero-order chi connectivity index (χ0) is 11.5. The topological polar surface area (TPSA) is 35.2 Å². The Balaban J connectivity index is 2.89. The Morgan fingerprint density at radius 2 is 1.80 bits per heavy atom. The summed E-state index contributed by atoms with van der Waals surface area (Å²) in [5.74, 6) is 0.527. The lowest BCUT2D eigenvalue weighted by Crippen LogP contribution is -2.31. The molecule has 2 N–H and O–H groups in total. The lowest BCUT2D eigenvalue weighted by atomic mass is 10.1. The summed E-state index contributed by atoms with van der Waals surface area (Å²) in [7, 11) is 0. The molecule has 84 valence electrons. The molecule has 1 aromatic carbocycles. The Morgan fingerprint density at radius 3 is 2.27 bits per heavy atom. The molecule has 4 heteroatoms. The molecule has 0 saturated heterocycles. The van der Waals surface area contributed by atoms with E-state index < -0.39 is 0 Å². The summed E-state index contributed by atoms with van der Waals surface area (Å²) in [6.07, 6.45) is 0.745. The van der Waals surface area contributed by atoms with Crippen LogP contribution in [0.25, 0.3) is 0 Å². The van der Waals surface area contributed by atoms with Crippen LogP contribution in [0.4, 0.5) is 0 Å². The Labute approximate surface area is 100 Å². The normalized spacial score (nSPS) is 11.5. The van der Waals surface area contributed by atoms with Crippen molar-refractivity contribution < 1.29 is 4.74 Å². The van der Waals surface area contributed by atoms with Crippen molar-refractivity contribution in [3.63, 3.8) is 0 Å². The fraction of sp³-hybridized carbons (Fsp3) is 0.455. The van der Waals surface area contributed by atoms with E-state index in [9.17, 15) is 0 Å². The third-order valence-electron chi connectivity index (χ3n) is 2.04. The predicted octanol–water partition coefficient (Wildman–Crippen LogP) is 3.50. The molecule has 1 aromatic rings. The van der Waals surface area contributed by atoms with Crippen LogP contribution in [0.1, 0.15) is 20.3 Å². The first-order chi connectivity index (χ1) is 6.96. The van der Waals surface area contributed by atoms with E-state index >= 15 is 0 Å². The van der Waals surface area contributed by atoms with Crippen molar-refractivity contribution in [3.8, 4) is 5.75 Å². The molecule has 2 nitrogen and oxygen atoms in total. The van der Waals surface area contributed by atoms with Gasteiger partial charge in [0.1, 0.15) is 5.60 Å². The molecule has 0 aliphatic carbocycles. The molecule has 1 rings (SSSR count). The molecular formula is C11H15Cl2NO. The van der Waals surface area contributed by atoms with Gasteiger partial charge in [-0.2, -0.15) is 0 Å². The molecule has 0 amide bonds. The molecule has 0 fully saturated rings. The Hall–Kier alpha value is -0.440. The van der Waals surface area contributed by atoms with E-state index in [-0.39, 0.29) is 5.60 Å². The van der Waals surface area contributed by atoms with Crippen LogP contribution in [-0.4, -0.2) is 12.1 Å². The van der Waals surface area contributed by atoms with Crippen molar-refractivity contribution in [1.29, 1.82) is 0 Å². The highest BCUT2D eigenvalue weighted by Gasteiger charge is 2.21. The monoisotopic (exact) mass is 247 g/mol. The number of nitrogens with two attached hydrogens (primary N) is 1. The van der Waals surface area contributed by atoms with Crippen LogP contribution in [-0.2, 0) is 0 Å². The van der Waals surface area contributed by atoms with Gasteiger partial charge in [0.2, 0.25) is 0 Å². The highest BCUT2D eigenvalue weighted by Crippen LogP contribution is 2.35. The largest absolute Gasteiger partial charge is 0.485 e. The smallest absolute Gasteiger partial charge is 0.157 e. The summed E-state index contributed by atoms with van der Waals surface area (Å²) in [4.78, 5) is 0. The van der Waals surface area contributed by atoms with Gasteiger partial charge in [-0.15, -0.1) is 0 Å². The quantitative estimate of drug-likeness (QED) is 0.884. The second-order valence-corrected chi connectivity index (χ2v) is 4.77. The maximum Gasteiger partial charge on any atom is 0.157 e. The number of para-hydroxylation sites is 1. The number of benzene rings is 1. The van der Waals surface area contributed by atoms with Gasteiger partial charge in [-0.3, -0.25) is 0 Å². The van der Waals surface area contributed by atoms with Gasteiger partial charge in [-0.05, 0) is 38.9 Å². The van der Waals surface area contributed by atoms with Crippen molar-refractivity contribution in [2.24, 2.45) is 5.73 Å². The van der Waals surface area contributed by atoms with Gasteiger partial charge < -0.3 is 10.5 Å². The summed E-state index contributed by atoms with van der Waals surface area (Å²) < 4.78 is 5.76. The zero-order valence-electron chi connectivity index (χ0n) is 8.89. The van der Waals surface area contributed by atoms with Crippen molar-refractivity contribution in [2.45, 2.75) is 25.9 Å². The van der Waals surface area contributed by atoms with Crippen LogP contribution in [0.5, 0.6) is 5.75 Å². The van der Waals surface area contributed by atoms with E-state index in [1.807, 2.05) is 13.8 Å². The minimum atomic E-state index is -0.358. The second kappa shape index (κ2) is 5.06. The van der Waals surface area contributed by atoms with E-state index in [0.717, 1.165) is 6.42 Å². The first-order valence-corrected chi connectivity index (χ1v) is 5.55. The van der Waals surface area contributed by atoms with Gasteiger partial charge >= 0.3 is 0 Å². The molecule has 0 unspecified atom stereocenters. The van der Waals surface area contributed by atoms with Gasteiger partial charge in [-0.25, -0.2) is 0 Å². The van der Waals surface area contributed by atoms with Crippen LogP contribution < -0.4 is 10.5 Å². The highest BCUT2D eigenvalue weighted by molar-refractivity contribution is 6.37. The molecular weight excluding hydrogens is 233 g/mol. The van der Waals surface area contributed by atoms with Crippen molar-refractivity contribution >= 4 is 23.2 Å². The maximum atomic E-state index is 6.00. The summed E-state index contributed by atoms with van der Waals surface area (Å²) in [5.41, 5.74) is 5.14. The minimum Gasteiger partial charge on any atom is -0.485 e. The minimum absolute atomic E-state index is 0.358. The third kappa shape index (κ3) is 3.56. The van der Waals surface area contributed by atoms with E-state index in [2.05, 4.69) is 0 Å². The van der Waals surface area contributed by atoms with Gasteiger partial charge in [-0.1, -0.05) is 29.3 Å². The Bertz CT molecular complexity index is 319. The molecule has 0 radical (unpaired) electrons. The number of rotatable bonds is 4. The van der Waals surface area contributed by atoms with Crippen molar-refractivity contribution in [1.82, 2.24) is 0 Å². The number of hydrogen-bond acceptors (Lipinski definition) is 2. The molecule has 0 saturated carbocycles. The average molecular weight is 248 g/mol.